The molecule has 2 aromatic heterocycles. The van der Waals surface area contributed by atoms with E-state index in [1.165, 1.54) is 32.4 Å². The number of hydrogen-bond donors (Lipinski definition) is 1. The molecule has 19 heavy (non-hydrogen) atoms. The molecule has 1 unspecified atom stereocenters. The number of pyridine rings is 1. The third-order valence-corrected chi connectivity index (χ3v) is 3.93. The molecule has 102 valence electrons. The molecule has 5 heteroatoms. The van der Waals surface area contributed by atoms with Gasteiger partial charge >= 0.3 is 0 Å². The molecule has 1 saturated heterocycles. The van der Waals surface area contributed by atoms with E-state index in [0.29, 0.717) is 12.0 Å². The largest absolute Gasteiger partial charge is 0.369 e. The molecule has 1 aliphatic heterocycles. The van der Waals surface area contributed by atoms with Gasteiger partial charge in [0, 0.05) is 18.8 Å². The van der Waals surface area contributed by atoms with Crippen molar-refractivity contribution in [3.63, 3.8) is 0 Å². The molecular weight excluding hydrogens is 238 g/mol. The molecule has 0 radical (unpaired) electrons. The maximum Gasteiger partial charge on any atom is 0.201 e. The third-order valence-electron chi connectivity index (χ3n) is 3.93. The van der Waals surface area contributed by atoms with Crippen molar-refractivity contribution in [2.24, 2.45) is 0 Å². The Morgan fingerprint density at radius 2 is 2.11 bits per heavy atom. The molecule has 3 rings (SSSR count). The molecule has 1 aliphatic rings. The van der Waals surface area contributed by atoms with Gasteiger partial charge in [-0.1, -0.05) is 6.42 Å². The number of anilines is 1. The minimum atomic E-state index is 0.338. The van der Waals surface area contributed by atoms with Crippen molar-refractivity contribution < 1.29 is 0 Å². The van der Waals surface area contributed by atoms with Crippen LogP contribution in [0.15, 0.2) is 18.5 Å². The number of aromatic nitrogens is 3. The number of nitrogens with two attached hydrogens (primary N) is 1. The average molecular weight is 259 g/mol. The molecule has 0 aliphatic carbocycles. The minimum Gasteiger partial charge on any atom is -0.369 e. The van der Waals surface area contributed by atoms with E-state index >= 15 is 0 Å². The first-order valence-corrected chi connectivity index (χ1v) is 7.05. The van der Waals surface area contributed by atoms with Gasteiger partial charge in [-0.2, -0.15) is 0 Å². The SMILES string of the molecule is CC(CN1CCCCC1)n1c(N)nc2cnccc21. The second-order valence-electron chi connectivity index (χ2n) is 5.41. The predicted molar refractivity (Wildman–Crippen MR) is 76.9 cm³/mol. The van der Waals surface area contributed by atoms with Crippen LogP contribution in [-0.2, 0) is 0 Å². The molecule has 0 bridgehead atoms. The van der Waals surface area contributed by atoms with Crippen LogP contribution in [0.5, 0.6) is 0 Å². The highest BCUT2D eigenvalue weighted by Gasteiger charge is 2.18. The fourth-order valence-electron chi connectivity index (χ4n) is 3.03. The lowest BCUT2D eigenvalue weighted by Crippen LogP contribution is -2.34. The van der Waals surface area contributed by atoms with Crippen molar-refractivity contribution in [3.8, 4) is 0 Å². The molecule has 0 amide bonds. The quantitative estimate of drug-likeness (QED) is 0.916. The summed E-state index contributed by atoms with van der Waals surface area (Å²) in [5, 5.41) is 0. The number of nitrogen functional groups attached to an aromatic ring is 1. The summed E-state index contributed by atoms with van der Waals surface area (Å²) in [6, 6.07) is 2.33. The maximum absolute atomic E-state index is 6.06. The Morgan fingerprint density at radius 1 is 1.32 bits per heavy atom. The van der Waals surface area contributed by atoms with Crippen molar-refractivity contribution in [2.45, 2.75) is 32.2 Å². The van der Waals surface area contributed by atoms with Crippen LogP contribution in [0.1, 0.15) is 32.2 Å². The monoisotopic (exact) mass is 259 g/mol. The summed E-state index contributed by atoms with van der Waals surface area (Å²) in [5.41, 5.74) is 8.03. The lowest BCUT2D eigenvalue weighted by molar-refractivity contribution is 0.204. The van der Waals surface area contributed by atoms with E-state index in [2.05, 4.69) is 26.4 Å². The smallest absolute Gasteiger partial charge is 0.201 e. The normalized spacial score (nSPS) is 18.8. The highest BCUT2D eigenvalue weighted by Crippen LogP contribution is 2.23. The third kappa shape index (κ3) is 2.42. The van der Waals surface area contributed by atoms with Crippen molar-refractivity contribution in [3.05, 3.63) is 18.5 Å². The maximum atomic E-state index is 6.06. The Kier molecular flexibility index (Phi) is 3.38. The van der Waals surface area contributed by atoms with Crippen molar-refractivity contribution in [2.75, 3.05) is 25.4 Å². The van der Waals surface area contributed by atoms with Crippen LogP contribution in [-0.4, -0.2) is 39.1 Å². The van der Waals surface area contributed by atoms with E-state index in [-0.39, 0.29) is 0 Å². The highest BCUT2D eigenvalue weighted by atomic mass is 15.2. The van der Waals surface area contributed by atoms with Gasteiger partial charge in [0.15, 0.2) is 0 Å². The van der Waals surface area contributed by atoms with E-state index in [1.54, 1.807) is 12.4 Å². The Hall–Kier alpha value is -1.62. The molecule has 3 heterocycles. The first-order chi connectivity index (χ1) is 9.25. The number of fused-ring (bicyclic) bond motifs is 1. The number of rotatable bonds is 3. The number of piperidine rings is 1. The summed E-state index contributed by atoms with van der Waals surface area (Å²) in [4.78, 5) is 11.0. The fourth-order valence-corrected chi connectivity index (χ4v) is 3.03. The van der Waals surface area contributed by atoms with Crippen LogP contribution >= 0.6 is 0 Å². The number of likely N-dealkylation sites (tertiary alicyclic amines) is 1. The topological polar surface area (TPSA) is 60.0 Å². The van der Waals surface area contributed by atoms with Gasteiger partial charge in [-0.15, -0.1) is 0 Å². The zero-order valence-electron chi connectivity index (χ0n) is 11.4. The second kappa shape index (κ2) is 5.17. The molecule has 5 nitrogen and oxygen atoms in total. The Bertz CT molecular complexity index is 556. The number of nitrogens with zero attached hydrogens (tertiary/aromatic N) is 4. The molecule has 2 N–H and O–H groups in total. The molecule has 2 aromatic rings. The summed E-state index contributed by atoms with van der Waals surface area (Å²) in [6.45, 7) is 5.67. The van der Waals surface area contributed by atoms with Crippen LogP contribution in [0, 0.1) is 0 Å². The lowest BCUT2D eigenvalue weighted by Gasteiger charge is -2.30. The molecule has 0 spiro atoms. The second-order valence-corrected chi connectivity index (χ2v) is 5.41. The van der Waals surface area contributed by atoms with E-state index in [1.807, 2.05) is 6.07 Å². The summed E-state index contributed by atoms with van der Waals surface area (Å²) in [7, 11) is 0. The van der Waals surface area contributed by atoms with Crippen LogP contribution in [0.4, 0.5) is 5.95 Å². The van der Waals surface area contributed by atoms with E-state index < -0.39 is 0 Å². The average Bonchev–Trinajstić information content (AvgIpc) is 2.75. The lowest BCUT2D eigenvalue weighted by atomic mass is 10.1. The Balaban J connectivity index is 1.84. The van der Waals surface area contributed by atoms with Gasteiger partial charge in [-0.05, 0) is 38.9 Å². The van der Waals surface area contributed by atoms with E-state index in [0.717, 1.165) is 17.6 Å². The highest BCUT2D eigenvalue weighted by molar-refractivity contribution is 5.77. The van der Waals surface area contributed by atoms with Gasteiger partial charge in [0.25, 0.3) is 0 Å². The van der Waals surface area contributed by atoms with Gasteiger partial charge in [-0.3, -0.25) is 4.98 Å². The predicted octanol–water partition coefficient (Wildman–Crippen LogP) is 2.06. The van der Waals surface area contributed by atoms with Gasteiger partial charge in [0.05, 0.1) is 11.7 Å². The fraction of sp³-hybridized carbons (Fsp3) is 0.571. The van der Waals surface area contributed by atoms with Gasteiger partial charge in [0.2, 0.25) is 5.95 Å². The van der Waals surface area contributed by atoms with Crippen LogP contribution in [0.25, 0.3) is 11.0 Å². The van der Waals surface area contributed by atoms with Gasteiger partial charge in [-0.25, -0.2) is 4.98 Å². The zero-order valence-corrected chi connectivity index (χ0v) is 11.4. The minimum absolute atomic E-state index is 0.338. The summed E-state index contributed by atoms with van der Waals surface area (Å²) in [5.74, 6) is 0.590. The van der Waals surface area contributed by atoms with Crippen molar-refractivity contribution in [1.29, 1.82) is 0 Å². The number of hydrogen-bond acceptors (Lipinski definition) is 4. The molecule has 0 saturated carbocycles. The first kappa shape index (κ1) is 12.4. The van der Waals surface area contributed by atoms with Crippen LogP contribution in [0.3, 0.4) is 0 Å². The van der Waals surface area contributed by atoms with Gasteiger partial charge < -0.3 is 15.2 Å². The van der Waals surface area contributed by atoms with Crippen LogP contribution < -0.4 is 5.73 Å². The van der Waals surface area contributed by atoms with Crippen LogP contribution in [0.2, 0.25) is 0 Å². The van der Waals surface area contributed by atoms with E-state index in [9.17, 15) is 0 Å². The number of imidazole rings is 1. The van der Waals surface area contributed by atoms with E-state index in [4.69, 9.17) is 5.73 Å². The standard InChI is InChI=1S/C14H21N5/c1-11(10-18-7-3-2-4-8-18)19-13-5-6-16-9-12(13)17-14(19)15/h5-6,9,11H,2-4,7-8,10H2,1H3,(H2,15,17). The Morgan fingerprint density at radius 3 is 2.89 bits per heavy atom. The van der Waals surface area contributed by atoms with Gasteiger partial charge in [0.1, 0.15) is 5.52 Å². The molecular formula is C14H21N5. The molecule has 1 fully saturated rings. The molecule has 1 atom stereocenters. The molecule has 0 aromatic carbocycles. The first-order valence-electron chi connectivity index (χ1n) is 7.05. The zero-order chi connectivity index (χ0) is 13.2. The summed E-state index contributed by atoms with van der Waals surface area (Å²) >= 11 is 0. The van der Waals surface area contributed by atoms with Crippen molar-refractivity contribution >= 4 is 17.0 Å². The Labute approximate surface area is 113 Å². The van der Waals surface area contributed by atoms with Crippen molar-refractivity contribution in [1.82, 2.24) is 19.4 Å². The summed E-state index contributed by atoms with van der Waals surface area (Å²) in [6.07, 6.45) is 7.57. The summed E-state index contributed by atoms with van der Waals surface area (Å²) < 4.78 is 2.13.